The molecule has 0 aliphatic rings. The molecule has 18 heavy (non-hydrogen) atoms. The number of hydrogen-bond acceptors (Lipinski definition) is 5. The van der Waals surface area contributed by atoms with Crippen LogP contribution in [0.4, 0.5) is 0 Å². The normalized spacial score (nSPS) is 11.3. The van der Waals surface area contributed by atoms with Gasteiger partial charge in [-0.3, -0.25) is 0 Å². The third-order valence-electron chi connectivity index (χ3n) is 2.08. The molecule has 0 spiro atoms. The summed E-state index contributed by atoms with van der Waals surface area (Å²) in [6, 6.07) is 0. The molecule has 0 aliphatic heterocycles. The summed E-state index contributed by atoms with van der Waals surface area (Å²) in [7, 11) is 0. The summed E-state index contributed by atoms with van der Waals surface area (Å²) < 4.78 is 22.6. The zero-order valence-corrected chi connectivity index (χ0v) is 13.3. The first-order chi connectivity index (χ1) is 8.51. The van der Waals surface area contributed by atoms with Gasteiger partial charge in [-0.15, -0.1) is 0 Å². The second-order valence-corrected chi connectivity index (χ2v) is 7.91. The van der Waals surface area contributed by atoms with Gasteiger partial charge in [-0.1, -0.05) is 0 Å². The number of ether oxygens (including phenoxy) is 1. The maximum absolute atomic E-state index is 11.3. The molecule has 106 valence electrons. The van der Waals surface area contributed by atoms with Crippen LogP contribution < -0.4 is 0 Å². The molecule has 0 radical (unpaired) electrons. The van der Waals surface area contributed by atoms with Crippen molar-refractivity contribution in [1.29, 1.82) is 0 Å². The molecule has 0 heterocycles. The van der Waals surface area contributed by atoms with E-state index in [4.69, 9.17) is 14.7 Å². The van der Waals surface area contributed by atoms with Crippen LogP contribution in [0, 0.1) is 0 Å². The summed E-state index contributed by atoms with van der Waals surface area (Å²) in [4.78, 5) is 11.3. The van der Waals surface area contributed by atoms with Gasteiger partial charge in [0.25, 0.3) is 0 Å². The van der Waals surface area contributed by atoms with Gasteiger partial charge in [-0.05, 0) is 0 Å². The number of carbonyl (C=O) groups excluding carboxylic acids is 1. The molecular formula is C12H24O5Ti. The summed E-state index contributed by atoms with van der Waals surface area (Å²) in [5.41, 5.74) is 0.386. The quantitative estimate of drug-likeness (QED) is 0.352. The van der Waals surface area contributed by atoms with Crippen molar-refractivity contribution in [3.05, 3.63) is 12.2 Å². The molecule has 0 saturated carbocycles. The predicted octanol–water partition coefficient (Wildman–Crippen LogP) is 2.53. The van der Waals surface area contributed by atoms with E-state index in [1.165, 1.54) is 0 Å². The molecule has 0 aromatic rings. The average molecular weight is 296 g/mol. The first-order valence-electron chi connectivity index (χ1n) is 6.25. The van der Waals surface area contributed by atoms with Crippen LogP contribution in [0.15, 0.2) is 12.2 Å². The molecule has 6 heteroatoms. The molecule has 0 aliphatic carbocycles. The zero-order chi connectivity index (χ0) is 14.0. The molecule has 0 atom stereocenters. The first kappa shape index (κ1) is 17.8. The van der Waals surface area contributed by atoms with Crippen LogP contribution in [0.5, 0.6) is 0 Å². The molecule has 0 unspecified atom stereocenters. The maximum atomic E-state index is 11.3. The molecule has 0 aromatic carbocycles. The molecule has 0 amide bonds. The average Bonchev–Trinajstić information content (AvgIpc) is 2.29. The van der Waals surface area contributed by atoms with Crippen LogP contribution in [0.3, 0.4) is 0 Å². The van der Waals surface area contributed by atoms with Crippen LogP contribution in [-0.2, 0) is 37.2 Å². The van der Waals surface area contributed by atoms with Crippen molar-refractivity contribution in [1.82, 2.24) is 0 Å². The molecule has 0 aromatic heterocycles. The van der Waals surface area contributed by atoms with Crippen LogP contribution in [-0.4, -0.2) is 32.4 Å². The van der Waals surface area contributed by atoms with Gasteiger partial charge in [0, 0.05) is 0 Å². The fourth-order valence-corrected chi connectivity index (χ4v) is 5.07. The van der Waals surface area contributed by atoms with Crippen LogP contribution in [0.1, 0.15) is 27.7 Å². The Balaban J connectivity index is 4.37. The molecule has 0 saturated heterocycles. The topological polar surface area (TPSA) is 54.0 Å². The molecular weight excluding hydrogens is 272 g/mol. The van der Waals surface area contributed by atoms with E-state index in [2.05, 4.69) is 6.58 Å². The third-order valence-corrected chi connectivity index (χ3v) is 6.77. The molecule has 0 fully saturated rings. The fraction of sp³-hybridized carbons (Fsp3) is 0.750. The van der Waals surface area contributed by atoms with E-state index in [-0.39, 0.29) is 6.61 Å². The van der Waals surface area contributed by atoms with Gasteiger partial charge in [-0.25, -0.2) is 0 Å². The standard InChI is InChI=1S/C6H9O2.3C2H5O.Ti/c1-4-8-6(7)5(2)3;3*1-2-3;/h1-2,4H2,3H3;3*2H2,1H3;/q;3*-1;+3. The van der Waals surface area contributed by atoms with Gasteiger partial charge in [0.1, 0.15) is 0 Å². The van der Waals surface area contributed by atoms with Crippen molar-refractivity contribution in [3.63, 3.8) is 0 Å². The predicted molar refractivity (Wildman–Crippen MR) is 65.5 cm³/mol. The molecule has 0 bridgehead atoms. The summed E-state index contributed by atoms with van der Waals surface area (Å²) in [5.74, 6) is -0.393. The second kappa shape index (κ2) is 9.70. The van der Waals surface area contributed by atoms with Crippen LogP contribution in [0.25, 0.3) is 0 Å². The molecule has 0 rings (SSSR count). The van der Waals surface area contributed by atoms with Gasteiger partial charge in [-0.2, -0.15) is 0 Å². The summed E-state index contributed by atoms with van der Waals surface area (Å²) in [5, 5.41) is 0. The zero-order valence-electron chi connectivity index (χ0n) is 11.8. The Morgan fingerprint density at radius 2 is 1.50 bits per heavy atom. The molecule has 0 N–H and O–H groups in total. The van der Waals surface area contributed by atoms with Crippen molar-refractivity contribution >= 4 is 5.97 Å². The minimum absolute atomic E-state index is 0.242. The Kier molecular flexibility index (Phi) is 9.59. The second-order valence-electron chi connectivity index (χ2n) is 3.65. The monoisotopic (exact) mass is 296 g/mol. The van der Waals surface area contributed by atoms with E-state index in [0.29, 0.717) is 30.1 Å². The Hall–Kier alpha value is -0.196. The van der Waals surface area contributed by atoms with E-state index in [9.17, 15) is 4.79 Å². The Morgan fingerprint density at radius 3 is 1.83 bits per heavy atom. The SMILES string of the molecule is C=C(C)C(=O)OC[CH2][Ti]([O]CC)([O]CC)[O]CC. The number of esters is 1. The van der Waals surface area contributed by atoms with Crippen molar-refractivity contribution in [2.24, 2.45) is 0 Å². The summed E-state index contributed by atoms with van der Waals surface area (Å²) in [6.45, 7) is 12.7. The summed E-state index contributed by atoms with van der Waals surface area (Å²) >= 11 is -3.25. The fourth-order valence-electron chi connectivity index (χ4n) is 1.39. The van der Waals surface area contributed by atoms with Crippen molar-refractivity contribution in [3.8, 4) is 0 Å². The van der Waals surface area contributed by atoms with Crippen molar-refractivity contribution < 1.29 is 37.2 Å². The van der Waals surface area contributed by atoms with E-state index < -0.39 is 23.7 Å². The van der Waals surface area contributed by atoms with Gasteiger partial charge in [0.15, 0.2) is 0 Å². The van der Waals surface area contributed by atoms with E-state index in [1.54, 1.807) is 6.92 Å². The summed E-state index contributed by atoms with van der Waals surface area (Å²) in [6.07, 6.45) is 0. The molecule has 5 nitrogen and oxygen atoms in total. The number of carbonyl (C=O) groups is 1. The van der Waals surface area contributed by atoms with E-state index in [0.717, 1.165) is 0 Å². The number of hydrogen-bond donors (Lipinski definition) is 0. The third kappa shape index (κ3) is 6.66. The Bertz CT molecular complexity index is 250. The van der Waals surface area contributed by atoms with Gasteiger partial charge >= 0.3 is 114 Å². The van der Waals surface area contributed by atoms with Crippen molar-refractivity contribution in [2.75, 3.05) is 26.4 Å². The van der Waals surface area contributed by atoms with Gasteiger partial charge < -0.3 is 0 Å². The Labute approximate surface area is 114 Å². The minimum atomic E-state index is -3.25. The Morgan fingerprint density at radius 1 is 1.06 bits per heavy atom. The van der Waals surface area contributed by atoms with E-state index >= 15 is 0 Å². The van der Waals surface area contributed by atoms with E-state index in [1.807, 2.05) is 20.8 Å². The number of rotatable bonds is 10. The van der Waals surface area contributed by atoms with Gasteiger partial charge in [0.05, 0.1) is 0 Å². The van der Waals surface area contributed by atoms with Gasteiger partial charge in [0.2, 0.25) is 0 Å². The first-order valence-corrected chi connectivity index (χ1v) is 9.27. The van der Waals surface area contributed by atoms with Crippen molar-refractivity contribution in [2.45, 2.75) is 32.4 Å². The van der Waals surface area contributed by atoms with Crippen LogP contribution in [0.2, 0.25) is 4.73 Å². The van der Waals surface area contributed by atoms with Crippen LogP contribution >= 0.6 is 0 Å².